The molecule has 0 spiro atoms. The molecule has 7 rings (SSSR count). The van der Waals surface area contributed by atoms with Crippen LogP contribution < -0.4 is 59.6 Å². The Morgan fingerprint density at radius 2 is 1.47 bits per heavy atom. The van der Waals surface area contributed by atoms with Gasteiger partial charge in [0.25, 0.3) is 5.56 Å². The fourth-order valence-corrected chi connectivity index (χ4v) is 11.2. The number of benzene rings is 2. The molecule has 0 bridgehead atoms. The van der Waals surface area contributed by atoms with E-state index >= 15 is 4.39 Å². The number of nitrogens with one attached hydrogen (secondary N) is 8. The number of aromatic nitrogens is 2. The maximum atomic E-state index is 15.4. The first kappa shape index (κ1) is 75.1. The molecule has 2 aromatic carbocycles. The molecule has 3 aliphatic rings. The molecule has 4 heterocycles. The zero-order valence-corrected chi connectivity index (χ0v) is 54.5. The molecule has 0 fully saturated rings. The number of alkyl carbamates (subject to hydrolysis) is 1. The quantitative estimate of drug-likeness (QED) is 0.0144. The van der Waals surface area contributed by atoms with Crippen molar-refractivity contribution in [2.75, 3.05) is 91.1 Å². The van der Waals surface area contributed by atoms with Crippen LogP contribution in [0.2, 0.25) is 0 Å². The van der Waals surface area contributed by atoms with E-state index in [1.165, 1.54) is 34.9 Å². The van der Waals surface area contributed by atoms with Gasteiger partial charge in [-0.05, 0) is 91.8 Å². The van der Waals surface area contributed by atoms with E-state index in [1.807, 2.05) is 0 Å². The summed E-state index contributed by atoms with van der Waals surface area (Å²) in [6.45, 7) is 7.18. The van der Waals surface area contributed by atoms with Crippen LogP contribution in [0.1, 0.15) is 111 Å². The number of nitrogens with two attached hydrogens (primary N) is 2. The van der Waals surface area contributed by atoms with Crippen molar-refractivity contribution in [3.8, 4) is 11.4 Å². The van der Waals surface area contributed by atoms with Crippen LogP contribution in [0.15, 0.2) is 41.2 Å². The molecule has 32 nitrogen and oxygen atoms in total. The zero-order valence-electron chi connectivity index (χ0n) is 54.5. The van der Waals surface area contributed by atoms with E-state index in [0.717, 1.165) is 0 Å². The number of halogens is 1. The number of ether oxygens (including phenoxy) is 7. The van der Waals surface area contributed by atoms with Crippen LogP contribution in [-0.2, 0) is 103 Å². The van der Waals surface area contributed by atoms with Crippen molar-refractivity contribution >= 4 is 76.1 Å². The number of carboxylic acids is 1. The number of esters is 1. The molecule has 0 radical (unpaired) electrons. The molecule has 1 aliphatic carbocycles. The Bertz CT molecular complexity index is 3590. The largest absolute Gasteiger partial charge is 0.481 e. The number of hydrogen-bond acceptors (Lipinski definition) is 21. The van der Waals surface area contributed by atoms with E-state index < -0.39 is 133 Å². The maximum absolute atomic E-state index is 15.4. The lowest BCUT2D eigenvalue weighted by atomic mass is 9.81. The highest BCUT2D eigenvalue weighted by atomic mass is 19.1. The number of aliphatic carboxylic acids is 1. The Balaban J connectivity index is 0.845. The van der Waals surface area contributed by atoms with Crippen LogP contribution in [-0.4, -0.2) is 183 Å². The number of anilines is 1. The summed E-state index contributed by atoms with van der Waals surface area (Å²) in [5.74, 6) is -7.37. The van der Waals surface area contributed by atoms with Gasteiger partial charge >= 0.3 is 24.1 Å². The topological polar surface area (TPSA) is 459 Å². The number of amides is 9. The third kappa shape index (κ3) is 20.6. The number of rotatable bonds is 39. The number of cyclic esters (lactones) is 1. The lowest BCUT2D eigenvalue weighted by Gasteiger charge is -2.31. The van der Waals surface area contributed by atoms with E-state index in [0.29, 0.717) is 103 Å². The average Bonchev–Trinajstić information content (AvgIpc) is 1.61. The van der Waals surface area contributed by atoms with Crippen molar-refractivity contribution in [2.45, 2.75) is 129 Å². The number of aliphatic hydroxyl groups is 1. The van der Waals surface area contributed by atoms with Gasteiger partial charge in [-0.2, -0.15) is 0 Å². The van der Waals surface area contributed by atoms with Crippen molar-refractivity contribution in [3.05, 3.63) is 91.5 Å². The van der Waals surface area contributed by atoms with Crippen LogP contribution >= 0.6 is 0 Å². The van der Waals surface area contributed by atoms with Gasteiger partial charge in [0.2, 0.25) is 35.4 Å². The molecule has 0 unspecified atom stereocenters. The number of nitrogens with zero attached hydrogens (tertiary/aromatic N) is 2. The van der Waals surface area contributed by atoms with Crippen molar-refractivity contribution < 1.29 is 95.7 Å². The number of aryl methyl sites for hydroxylation is 1. The summed E-state index contributed by atoms with van der Waals surface area (Å²) in [4.78, 5) is 148. The summed E-state index contributed by atoms with van der Waals surface area (Å²) in [7, 11) is 0. The predicted octanol–water partition coefficient (Wildman–Crippen LogP) is 0.425. The van der Waals surface area contributed by atoms with E-state index in [2.05, 4.69) is 42.5 Å². The highest BCUT2D eigenvalue weighted by Crippen LogP contribution is 2.46. The van der Waals surface area contributed by atoms with E-state index in [4.69, 9.17) is 49.6 Å². The second-order valence-corrected chi connectivity index (χ2v) is 23.4. The van der Waals surface area contributed by atoms with Gasteiger partial charge in [-0.1, -0.05) is 32.9 Å². The number of primary amides is 1. The maximum Gasteiger partial charge on any atom is 0.407 e. The molecular formula is C64H85FN12O20. The van der Waals surface area contributed by atoms with Crippen molar-refractivity contribution in [2.24, 2.45) is 17.4 Å². The highest BCUT2D eigenvalue weighted by Gasteiger charge is 2.46. The Hall–Kier alpha value is -9.25. The van der Waals surface area contributed by atoms with Gasteiger partial charge in [-0.25, -0.2) is 23.8 Å². The van der Waals surface area contributed by atoms with Gasteiger partial charge < -0.3 is 102 Å². The molecule has 2 aliphatic heterocycles. The predicted molar refractivity (Wildman–Crippen MR) is 342 cm³/mol. The molecule has 97 heavy (non-hydrogen) atoms. The van der Waals surface area contributed by atoms with Gasteiger partial charge in [-0.3, -0.25) is 38.4 Å². The molecule has 528 valence electrons. The van der Waals surface area contributed by atoms with Gasteiger partial charge in [0, 0.05) is 54.2 Å². The fraction of sp³-hybridized carbons (Fsp3) is 0.531. The molecule has 4 aromatic rings. The van der Waals surface area contributed by atoms with Gasteiger partial charge in [0.05, 0.1) is 87.9 Å². The highest BCUT2D eigenvalue weighted by molar-refractivity contribution is 5.99. The molecule has 0 saturated heterocycles. The lowest BCUT2D eigenvalue weighted by molar-refractivity contribution is -0.172. The Morgan fingerprint density at radius 3 is 2.13 bits per heavy atom. The second-order valence-electron chi connectivity index (χ2n) is 23.4. The second kappa shape index (κ2) is 36.2. The smallest absolute Gasteiger partial charge is 0.407 e. The number of hydrogen-bond donors (Lipinski definition) is 12. The number of pyridine rings is 2. The van der Waals surface area contributed by atoms with Crippen molar-refractivity contribution in [1.82, 2.24) is 46.8 Å². The molecule has 2 aromatic heterocycles. The van der Waals surface area contributed by atoms with Gasteiger partial charge in [0.15, 0.2) is 5.60 Å². The summed E-state index contributed by atoms with van der Waals surface area (Å²) in [6, 6.07) is 3.56. The summed E-state index contributed by atoms with van der Waals surface area (Å²) in [5, 5.41) is 42.0. The number of carbonyl (C=O) groups excluding carboxylic acids is 9. The summed E-state index contributed by atoms with van der Waals surface area (Å²) in [6.07, 6.45) is -1.13. The normalized spacial score (nSPS) is 15.9. The standard InChI is InChI=1S/C64H85FN12O20/c1-5-64(90)42-27-48-56-40(30-77(48)60(86)41(42)32-96-61(64)87)54-44(13-12-39-36(4)43(65)28-47(74-56)53(39)54)72-51(80)33-95-34-70-50(79)29-69-63(89)97-31-37-8-10-38(11-9-37)71-57(83)45(7-6-18-68-62(67)88)75-59(85)55(35(2)3)76-58(84)46(14-15-52(81)82)73-49(78)16-19-91-21-23-93-25-26-94-24-22-92-20-17-66/h8-11,27-28,35,44-46,55,90H,5-7,12-26,29-34,66H2,1-4H3,(H,69,89)(H,70,79)(H,71,83)(H,72,80)(H,73,78)(H,75,85)(H,76,84)(H,81,82)(H3,67,68,88)/t44-,45-,46-,55-,64-/m0/s1. The van der Waals surface area contributed by atoms with E-state index in [1.54, 1.807) is 33.8 Å². The minimum Gasteiger partial charge on any atom is -0.481 e. The Morgan fingerprint density at radius 1 is 0.794 bits per heavy atom. The average molecular weight is 1360 g/mol. The first-order chi connectivity index (χ1) is 46.4. The first-order valence-corrected chi connectivity index (χ1v) is 31.9. The monoisotopic (exact) mass is 1360 g/mol. The number of fused-ring (bicyclic) bond motifs is 5. The van der Waals surface area contributed by atoms with Gasteiger partial charge in [-0.15, -0.1) is 0 Å². The van der Waals surface area contributed by atoms with Crippen LogP contribution in [0, 0.1) is 18.7 Å². The lowest BCUT2D eigenvalue weighted by Crippen LogP contribution is -2.58. The molecule has 5 atom stereocenters. The van der Waals surface area contributed by atoms with Crippen molar-refractivity contribution in [1.29, 1.82) is 0 Å². The van der Waals surface area contributed by atoms with Gasteiger partial charge in [0.1, 0.15) is 57.0 Å². The number of carboxylic acid groups (broad SMARTS) is 1. The number of carbonyl (C=O) groups is 10. The summed E-state index contributed by atoms with van der Waals surface area (Å²) < 4.78 is 54.3. The number of urea groups is 1. The first-order valence-electron chi connectivity index (χ1n) is 31.9. The Labute approximate surface area is 556 Å². The van der Waals surface area contributed by atoms with Crippen LogP contribution in [0.25, 0.3) is 22.3 Å². The minimum absolute atomic E-state index is 0.0198. The molecule has 9 amide bonds. The van der Waals surface area contributed by atoms with Crippen molar-refractivity contribution in [3.63, 3.8) is 0 Å². The minimum atomic E-state index is -2.07. The third-order valence-corrected chi connectivity index (χ3v) is 16.3. The zero-order chi connectivity index (χ0) is 70.3. The van der Waals surface area contributed by atoms with Crippen LogP contribution in [0.3, 0.4) is 0 Å². The molecule has 14 N–H and O–H groups in total. The summed E-state index contributed by atoms with van der Waals surface area (Å²) in [5.41, 5.74) is 12.3. The van der Waals surface area contributed by atoms with Crippen LogP contribution in [0.5, 0.6) is 0 Å². The fourth-order valence-electron chi connectivity index (χ4n) is 11.2. The van der Waals surface area contributed by atoms with E-state index in [-0.39, 0.29) is 95.0 Å². The van der Waals surface area contributed by atoms with E-state index in [9.17, 15) is 63.0 Å². The van der Waals surface area contributed by atoms with Crippen LogP contribution in [0.4, 0.5) is 19.7 Å². The SMILES string of the molecule is CC[C@@]1(O)C(=O)OCc2c1cc1n(c2=O)Cc2c-1nc1cc(F)c(C)c3c1c2[C@@H](NC(=O)COCNC(=O)CNC(=O)OCc1ccc(NC(=O)[C@H](CCCNC(N)=O)NC(=O)[C@@H](NC(=O)[C@H](CCC(=O)O)NC(=O)CCOCCOCCOCCOCCN)C(C)C)cc1)CC3. The Kier molecular flexibility index (Phi) is 28.0. The molecule has 33 heteroatoms. The molecule has 0 saturated carbocycles. The third-order valence-electron chi connectivity index (χ3n) is 16.3. The molecular weight excluding hydrogens is 1280 g/mol. The summed E-state index contributed by atoms with van der Waals surface area (Å²) >= 11 is 0.